The smallest absolute Gasteiger partial charge is 0.305 e. The zero-order valence-electron chi connectivity index (χ0n) is 25.7. The highest BCUT2D eigenvalue weighted by atomic mass is 16.5. The van der Waals surface area contributed by atoms with Gasteiger partial charge >= 0.3 is 5.97 Å². The maximum absolute atomic E-state index is 12.0. The Hall–Kier alpha value is -0.870. The Balaban J connectivity index is 3.48. The number of aliphatic hydroxyl groups excluding tert-OH is 1. The van der Waals surface area contributed by atoms with E-state index in [2.05, 4.69) is 13.8 Å². The van der Waals surface area contributed by atoms with Gasteiger partial charge in [-0.1, -0.05) is 167 Å². The number of hydrogen-bond donors (Lipinski definition) is 2. The largest absolute Gasteiger partial charge is 0.464 e. The summed E-state index contributed by atoms with van der Waals surface area (Å²) in [5.41, 5.74) is 6.01. The van der Waals surface area contributed by atoms with E-state index >= 15 is 0 Å². The van der Waals surface area contributed by atoms with Crippen LogP contribution in [0.3, 0.4) is 0 Å². The Labute approximate surface area is 238 Å². The number of esters is 1. The molecule has 4 heteroatoms. The maximum atomic E-state index is 12.0. The number of ether oxygens (including phenoxy) is 1. The Morgan fingerprint density at radius 1 is 0.632 bits per heavy atom. The quantitative estimate of drug-likeness (QED) is 0.0543. The van der Waals surface area contributed by atoms with E-state index in [0.717, 1.165) is 25.7 Å². The van der Waals surface area contributed by atoms with Crippen molar-refractivity contribution in [2.45, 2.75) is 193 Å². The molecule has 0 aliphatic rings. The highest BCUT2D eigenvalue weighted by molar-refractivity contribution is 5.69. The lowest BCUT2D eigenvalue weighted by Gasteiger charge is -2.15. The van der Waals surface area contributed by atoms with Crippen molar-refractivity contribution in [3.63, 3.8) is 0 Å². The second kappa shape index (κ2) is 30.7. The molecule has 226 valence electrons. The van der Waals surface area contributed by atoms with E-state index in [1.807, 2.05) is 6.08 Å². The Bertz CT molecular complexity index is 508. The van der Waals surface area contributed by atoms with Gasteiger partial charge in [0.15, 0.2) is 0 Å². The first-order valence-corrected chi connectivity index (χ1v) is 16.9. The molecule has 0 fully saturated rings. The molecule has 0 aliphatic carbocycles. The van der Waals surface area contributed by atoms with E-state index in [0.29, 0.717) is 6.42 Å². The normalized spacial score (nSPS) is 13.3. The van der Waals surface area contributed by atoms with Crippen LogP contribution >= 0.6 is 0 Å². The molecule has 0 aromatic heterocycles. The van der Waals surface area contributed by atoms with Gasteiger partial charge in [0, 0.05) is 6.42 Å². The van der Waals surface area contributed by atoms with Crippen LogP contribution < -0.4 is 5.73 Å². The number of carbonyl (C=O) groups excluding carboxylic acids is 1. The van der Waals surface area contributed by atoms with Crippen LogP contribution in [0.25, 0.3) is 0 Å². The Morgan fingerprint density at radius 3 is 1.42 bits per heavy atom. The number of allylic oxidation sites excluding steroid dienone is 1. The molecule has 38 heavy (non-hydrogen) atoms. The molecule has 0 saturated heterocycles. The number of hydrogen-bond acceptors (Lipinski definition) is 4. The fourth-order valence-corrected chi connectivity index (χ4v) is 4.95. The molecule has 0 amide bonds. The third-order valence-corrected chi connectivity index (χ3v) is 7.67. The molecular weight excluding hydrogens is 470 g/mol. The first-order chi connectivity index (χ1) is 18.6. The van der Waals surface area contributed by atoms with E-state index < -0.39 is 12.1 Å². The van der Waals surface area contributed by atoms with Gasteiger partial charge in [-0.2, -0.15) is 0 Å². The third kappa shape index (κ3) is 28.1. The van der Waals surface area contributed by atoms with Gasteiger partial charge in [0.1, 0.15) is 6.61 Å². The van der Waals surface area contributed by atoms with E-state index in [-0.39, 0.29) is 12.6 Å². The van der Waals surface area contributed by atoms with Crippen molar-refractivity contribution in [3.05, 3.63) is 12.2 Å². The molecule has 0 aromatic carbocycles. The summed E-state index contributed by atoms with van der Waals surface area (Å²) in [7, 11) is 0. The molecule has 0 bridgehead atoms. The molecule has 0 rings (SSSR count). The fourth-order valence-electron chi connectivity index (χ4n) is 4.95. The number of unbranched alkanes of at least 4 members (excludes halogenated alkanes) is 23. The molecule has 0 spiro atoms. The third-order valence-electron chi connectivity index (χ3n) is 7.67. The van der Waals surface area contributed by atoms with E-state index in [4.69, 9.17) is 10.5 Å². The van der Waals surface area contributed by atoms with Crippen molar-refractivity contribution in [3.8, 4) is 0 Å². The van der Waals surface area contributed by atoms with Crippen LogP contribution in [0.1, 0.15) is 181 Å². The summed E-state index contributed by atoms with van der Waals surface area (Å²) in [6.07, 6.45) is 36.0. The minimum atomic E-state index is -0.758. The standard InChI is InChI=1S/C34H67NO3/c1-3-5-7-9-11-13-15-17-19-21-23-25-27-29-33(36)32(35)31-38-34(37)30-28-26-24-22-20-18-16-14-12-10-8-6-4-2/h27,29,32-33,36H,3-26,28,30-31,35H2,1-2H3. The van der Waals surface area contributed by atoms with E-state index in [1.165, 1.54) is 135 Å². The van der Waals surface area contributed by atoms with Gasteiger partial charge in [-0.15, -0.1) is 0 Å². The summed E-state index contributed by atoms with van der Waals surface area (Å²) in [5.74, 6) is -0.194. The average Bonchev–Trinajstić information content (AvgIpc) is 2.92. The number of nitrogens with two attached hydrogens (primary N) is 1. The molecule has 0 heterocycles. The van der Waals surface area contributed by atoms with Crippen LogP contribution in [0.5, 0.6) is 0 Å². The molecule has 2 atom stereocenters. The predicted octanol–water partition coefficient (Wildman–Crippen LogP) is 9.96. The maximum Gasteiger partial charge on any atom is 0.305 e. The first kappa shape index (κ1) is 37.1. The average molecular weight is 538 g/mol. The summed E-state index contributed by atoms with van der Waals surface area (Å²) in [6.45, 7) is 4.62. The molecule has 0 radical (unpaired) electrons. The zero-order chi connectivity index (χ0) is 27.9. The SMILES string of the molecule is CCCCCCCCCCCCCC=CC(O)C(N)COC(=O)CCCCCCCCCCCCCCC. The number of carbonyl (C=O) groups is 1. The van der Waals surface area contributed by atoms with Crippen LogP contribution in [0.2, 0.25) is 0 Å². The monoisotopic (exact) mass is 538 g/mol. The van der Waals surface area contributed by atoms with E-state index in [9.17, 15) is 9.90 Å². The first-order valence-electron chi connectivity index (χ1n) is 16.9. The summed E-state index contributed by atoms with van der Waals surface area (Å²) in [5, 5.41) is 10.2. The second-order valence-electron chi connectivity index (χ2n) is 11.6. The van der Waals surface area contributed by atoms with Crippen LogP contribution in [0, 0.1) is 0 Å². The van der Waals surface area contributed by atoms with Gasteiger partial charge in [0.05, 0.1) is 12.1 Å². The summed E-state index contributed by atoms with van der Waals surface area (Å²) >= 11 is 0. The Morgan fingerprint density at radius 2 is 1.00 bits per heavy atom. The minimum absolute atomic E-state index is 0.0846. The van der Waals surface area contributed by atoms with Crippen molar-refractivity contribution in [2.24, 2.45) is 5.73 Å². The molecular formula is C34H67NO3. The van der Waals surface area contributed by atoms with Crippen LogP contribution in [-0.4, -0.2) is 29.8 Å². The van der Waals surface area contributed by atoms with Crippen molar-refractivity contribution < 1.29 is 14.6 Å². The van der Waals surface area contributed by atoms with E-state index in [1.54, 1.807) is 6.08 Å². The van der Waals surface area contributed by atoms with Crippen LogP contribution in [0.4, 0.5) is 0 Å². The van der Waals surface area contributed by atoms with Gasteiger partial charge in [0.25, 0.3) is 0 Å². The number of aliphatic hydroxyl groups is 1. The van der Waals surface area contributed by atoms with Crippen LogP contribution in [-0.2, 0) is 9.53 Å². The summed E-state index contributed by atoms with van der Waals surface area (Å²) in [6, 6.07) is -0.556. The van der Waals surface area contributed by atoms with Crippen molar-refractivity contribution in [1.29, 1.82) is 0 Å². The van der Waals surface area contributed by atoms with Crippen molar-refractivity contribution in [2.75, 3.05) is 6.61 Å². The summed E-state index contributed by atoms with van der Waals surface area (Å²) < 4.78 is 5.29. The molecule has 0 aromatic rings. The highest BCUT2D eigenvalue weighted by Gasteiger charge is 2.14. The van der Waals surface area contributed by atoms with Gasteiger partial charge in [-0.05, 0) is 19.3 Å². The van der Waals surface area contributed by atoms with Crippen molar-refractivity contribution >= 4 is 5.97 Å². The number of rotatable bonds is 30. The lowest BCUT2D eigenvalue weighted by atomic mass is 10.0. The highest BCUT2D eigenvalue weighted by Crippen LogP contribution is 2.14. The summed E-state index contributed by atoms with van der Waals surface area (Å²) in [4.78, 5) is 12.0. The zero-order valence-corrected chi connectivity index (χ0v) is 25.7. The molecule has 0 saturated carbocycles. The fraction of sp³-hybridized carbons (Fsp3) is 0.912. The van der Waals surface area contributed by atoms with Gasteiger partial charge in [0.2, 0.25) is 0 Å². The second-order valence-corrected chi connectivity index (χ2v) is 11.6. The minimum Gasteiger partial charge on any atom is -0.464 e. The van der Waals surface area contributed by atoms with Gasteiger partial charge in [-0.3, -0.25) is 4.79 Å². The molecule has 2 unspecified atom stereocenters. The molecule has 3 N–H and O–H groups in total. The molecule has 4 nitrogen and oxygen atoms in total. The van der Waals surface area contributed by atoms with Crippen LogP contribution in [0.15, 0.2) is 12.2 Å². The topological polar surface area (TPSA) is 72.6 Å². The predicted molar refractivity (Wildman–Crippen MR) is 165 cm³/mol. The Kier molecular flexibility index (Phi) is 30.0. The van der Waals surface area contributed by atoms with Gasteiger partial charge in [-0.25, -0.2) is 0 Å². The molecule has 0 aliphatic heterocycles. The van der Waals surface area contributed by atoms with Crippen molar-refractivity contribution in [1.82, 2.24) is 0 Å². The van der Waals surface area contributed by atoms with Gasteiger partial charge < -0.3 is 15.6 Å². The lowest BCUT2D eigenvalue weighted by Crippen LogP contribution is -2.38. The lowest BCUT2D eigenvalue weighted by molar-refractivity contribution is -0.144.